The summed E-state index contributed by atoms with van der Waals surface area (Å²) in [7, 11) is 0. The van der Waals surface area contributed by atoms with Gasteiger partial charge >= 0.3 is 29.8 Å². The van der Waals surface area contributed by atoms with Crippen molar-refractivity contribution in [3.05, 3.63) is 12.3 Å². The largest absolute Gasteiger partial charge is 0.498 e. The summed E-state index contributed by atoms with van der Waals surface area (Å²) in [4.78, 5) is 57.7. The van der Waals surface area contributed by atoms with Gasteiger partial charge < -0.3 is 43.4 Å². The van der Waals surface area contributed by atoms with Crippen LogP contribution in [0, 0.1) is 17.8 Å². The number of ether oxygens (including phenoxy) is 7. The highest BCUT2D eigenvalue weighted by Gasteiger charge is 2.19. The molecule has 83 heavy (non-hydrogen) atoms. The van der Waals surface area contributed by atoms with Crippen LogP contribution in [0.2, 0.25) is 0 Å². The molecule has 0 radical (unpaired) electrons. The predicted octanol–water partition coefficient (Wildman–Crippen LogP) is 18.4. The maximum atomic E-state index is 12.1. The van der Waals surface area contributed by atoms with E-state index in [9.17, 15) is 29.1 Å². The number of aliphatic hydroxyl groups is 2. The quantitative estimate of drug-likeness (QED) is 0.0192. The molecule has 0 saturated carbocycles. The lowest BCUT2D eigenvalue weighted by Crippen LogP contribution is -2.23. The molecule has 2 unspecified atom stereocenters. The minimum absolute atomic E-state index is 0.0325. The third-order valence-electron chi connectivity index (χ3n) is 13.4. The van der Waals surface area contributed by atoms with Crippen LogP contribution in [-0.2, 0) is 57.1 Å². The highest BCUT2D eigenvalue weighted by molar-refractivity contribution is 5.71. The van der Waals surface area contributed by atoms with Crippen LogP contribution < -0.4 is 0 Å². The van der Waals surface area contributed by atoms with E-state index in [2.05, 4.69) is 66.7 Å². The summed E-state index contributed by atoms with van der Waals surface area (Å²) >= 11 is 0. The SMILES string of the molecule is C=C(CCCCCCCC)OCC(COC(=O)CCCCCCCC)CC(=O)OCCC.CC(C)CCOCO.CCCCC(O)CCC.CCCCCCCCC(=O)OCC(CC)COC(=O)CCCCCCCC.CCCOC(C)=O. The summed E-state index contributed by atoms with van der Waals surface area (Å²) in [6.45, 7) is 31.4. The first-order chi connectivity index (χ1) is 40.0. The molecule has 0 saturated heterocycles. The second-order valence-corrected chi connectivity index (χ2v) is 22.7. The maximum Gasteiger partial charge on any atom is 0.306 e. The smallest absolute Gasteiger partial charge is 0.306 e. The summed E-state index contributed by atoms with van der Waals surface area (Å²) < 4.78 is 36.4. The van der Waals surface area contributed by atoms with Gasteiger partial charge in [0.2, 0.25) is 0 Å². The lowest BCUT2D eigenvalue weighted by Gasteiger charge is -2.18. The molecule has 14 heteroatoms. The van der Waals surface area contributed by atoms with E-state index in [0.29, 0.717) is 64.8 Å². The number of esters is 5. The predicted molar refractivity (Wildman–Crippen MR) is 343 cm³/mol. The van der Waals surface area contributed by atoms with Gasteiger partial charge in [0.05, 0.1) is 57.9 Å². The molecule has 0 rings (SSSR count). The Labute approximate surface area is 511 Å². The Balaban J connectivity index is -0.000000352. The Morgan fingerprint density at radius 1 is 0.386 bits per heavy atom. The summed E-state index contributed by atoms with van der Waals surface area (Å²) in [6.07, 6.45) is 39.5. The molecule has 496 valence electrons. The monoisotopic (exact) mass is 1190 g/mol. The van der Waals surface area contributed by atoms with Gasteiger partial charge in [-0.1, -0.05) is 230 Å². The Bertz CT molecular complexity index is 1310. The zero-order valence-corrected chi connectivity index (χ0v) is 56.3. The van der Waals surface area contributed by atoms with Crippen LogP contribution in [0.25, 0.3) is 0 Å². The Morgan fingerprint density at radius 3 is 1.11 bits per heavy atom. The summed E-state index contributed by atoms with van der Waals surface area (Å²) in [5.41, 5.74) is 0. The first-order valence-corrected chi connectivity index (χ1v) is 33.9. The molecule has 0 aromatic carbocycles. The van der Waals surface area contributed by atoms with Crippen LogP contribution in [0.3, 0.4) is 0 Å². The molecule has 14 nitrogen and oxygen atoms in total. The van der Waals surface area contributed by atoms with Crippen LogP contribution in [0.1, 0.15) is 327 Å². The van der Waals surface area contributed by atoms with Crippen molar-refractivity contribution in [3.63, 3.8) is 0 Å². The van der Waals surface area contributed by atoms with Gasteiger partial charge in [-0.3, -0.25) is 24.0 Å². The van der Waals surface area contributed by atoms with Crippen molar-refractivity contribution in [1.29, 1.82) is 0 Å². The minimum atomic E-state index is -0.269. The van der Waals surface area contributed by atoms with Gasteiger partial charge in [-0.05, 0) is 70.1 Å². The minimum Gasteiger partial charge on any atom is -0.498 e. The van der Waals surface area contributed by atoms with Gasteiger partial charge in [-0.15, -0.1) is 0 Å². The van der Waals surface area contributed by atoms with E-state index in [-0.39, 0.29) is 67.6 Å². The highest BCUT2D eigenvalue weighted by atomic mass is 16.6. The fourth-order valence-electron chi connectivity index (χ4n) is 7.92. The van der Waals surface area contributed by atoms with Gasteiger partial charge in [-0.25, -0.2) is 0 Å². The molecule has 0 aliphatic rings. The fourth-order valence-corrected chi connectivity index (χ4v) is 7.92. The molecule has 0 aliphatic carbocycles. The van der Waals surface area contributed by atoms with Gasteiger partial charge in [0.25, 0.3) is 0 Å². The summed E-state index contributed by atoms with van der Waals surface area (Å²) in [5, 5.41) is 17.3. The lowest BCUT2D eigenvalue weighted by atomic mass is 10.1. The number of carbonyl (C=O) groups is 5. The van der Waals surface area contributed by atoms with Crippen molar-refractivity contribution in [2.75, 3.05) is 53.0 Å². The normalized spacial score (nSPS) is 11.3. The van der Waals surface area contributed by atoms with E-state index in [1.165, 1.54) is 129 Å². The zero-order chi connectivity index (χ0) is 63.3. The van der Waals surface area contributed by atoms with Crippen molar-refractivity contribution in [2.45, 2.75) is 333 Å². The molecular formula is C69H136O14. The molecule has 0 aromatic heterocycles. The number of aliphatic hydroxyl groups excluding tert-OH is 2. The van der Waals surface area contributed by atoms with E-state index in [1.54, 1.807) is 0 Å². The first-order valence-electron chi connectivity index (χ1n) is 33.9. The van der Waals surface area contributed by atoms with Crippen LogP contribution in [0.4, 0.5) is 0 Å². The lowest BCUT2D eigenvalue weighted by molar-refractivity contribution is -0.151. The maximum absolute atomic E-state index is 12.1. The van der Waals surface area contributed by atoms with Gasteiger partial charge in [0, 0.05) is 51.0 Å². The number of allylic oxidation sites excluding steroid dienone is 1. The van der Waals surface area contributed by atoms with Crippen LogP contribution in [0.5, 0.6) is 0 Å². The standard InChI is InChI=1S/C27H50O5.C23H44O4.C8H18O.C6H14O2.C5H10O2/c1-5-8-10-12-14-16-18-24(4)31-22-25(21-27(29)30-20-7-3)23-32-26(28)19-17-15-13-11-9-6-2;1-4-7-9-11-13-15-17-22(24)26-19-21(6-3)20-27-23(25)18-16-14-12-10-8-5-2;1-3-5-7-8(9)6-4-2;1-6(2)3-4-8-5-7;1-3-4-7-5(2)6/h25H,4-23H2,1-3H3;21H,4-20H2,1-3H3;8-9H,3-7H2,1-2H3;6-7H,3-5H2,1-2H3;3-4H2,1-2H3. The van der Waals surface area contributed by atoms with Gasteiger partial charge in [-0.2, -0.15) is 0 Å². The molecule has 2 N–H and O–H groups in total. The molecule has 0 amide bonds. The average Bonchev–Trinajstić information content (AvgIpc) is 3.46. The van der Waals surface area contributed by atoms with Crippen molar-refractivity contribution in [1.82, 2.24) is 0 Å². The zero-order valence-electron chi connectivity index (χ0n) is 56.3. The van der Waals surface area contributed by atoms with Crippen molar-refractivity contribution >= 4 is 29.8 Å². The molecule has 0 fully saturated rings. The topological polar surface area (TPSA) is 190 Å². The number of hydrogen-bond acceptors (Lipinski definition) is 14. The first kappa shape index (κ1) is 88.5. The van der Waals surface area contributed by atoms with E-state index in [4.69, 9.17) is 33.5 Å². The number of unbranched alkanes of at least 4 members (excludes halogenated alkanes) is 21. The fraction of sp³-hybridized carbons (Fsp3) is 0.899. The molecule has 0 spiro atoms. The van der Waals surface area contributed by atoms with Gasteiger partial charge in [0.15, 0.2) is 0 Å². The Hall–Kier alpha value is -3.23. The van der Waals surface area contributed by atoms with Crippen molar-refractivity contribution in [3.8, 4) is 0 Å². The summed E-state index contributed by atoms with van der Waals surface area (Å²) in [5.74, 6) is 0.396. The Morgan fingerprint density at radius 2 is 0.759 bits per heavy atom. The van der Waals surface area contributed by atoms with E-state index < -0.39 is 0 Å². The second kappa shape index (κ2) is 74.9. The molecule has 2 atom stereocenters. The third-order valence-corrected chi connectivity index (χ3v) is 13.4. The molecular weight excluding hydrogens is 1050 g/mol. The molecule has 0 aromatic rings. The third kappa shape index (κ3) is 83.0. The van der Waals surface area contributed by atoms with E-state index >= 15 is 0 Å². The average molecular weight is 1190 g/mol. The van der Waals surface area contributed by atoms with Crippen LogP contribution >= 0.6 is 0 Å². The summed E-state index contributed by atoms with van der Waals surface area (Å²) in [6, 6.07) is 0. The van der Waals surface area contributed by atoms with Crippen LogP contribution in [-0.4, -0.2) is 99.2 Å². The highest BCUT2D eigenvalue weighted by Crippen LogP contribution is 2.17. The molecule has 0 bridgehead atoms. The van der Waals surface area contributed by atoms with Crippen molar-refractivity contribution in [2.24, 2.45) is 17.8 Å². The van der Waals surface area contributed by atoms with Gasteiger partial charge in [0.1, 0.15) is 6.79 Å². The number of carbonyl (C=O) groups excluding carboxylic acids is 5. The van der Waals surface area contributed by atoms with E-state index in [1.807, 2.05) is 20.8 Å². The number of hydrogen-bond donors (Lipinski definition) is 2. The molecule has 0 aliphatic heterocycles. The van der Waals surface area contributed by atoms with Crippen LogP contribution in [0.15, 0.2) is 12.3 Å². The Kier molecular flexibility index (Phi) is 79.9. The van der Waals surface area contributed by atoms with Crippen molar-refractivity contribution < 1.29 is 67.3 Å². The second-order valence-electron chi connectivity index (χ2n) is 22.7. The van der Waals surface area contributed by atoms with E-state index in [0.717, 1.165) is 102 Å². The number of rotatable bonds is 53. The molecule has 0 heterocycles.